The lowest BCUT2D eigenvalue weighted by molar-refractivity contribution is -0.142. The predicted octanol–water partition coefficient (Wildman–Crippen LogP) is 1.26. The summed E-state index contributed by atoms with van der Waals surface area (Å²) in [5.74, 6) is -1.54. The number of carboxylic acids is 1. The van der Waals surface area contributed by atoms with Crippen LogP contribution in [0.1, 0.15) is 27.0 Å². The molecule has 2 N–H and O–H groups in total. The summed E-state index contributed by atoms with van der Waals surface area (Å²) in [6, 6.07) is 4.99. The molecule has 0 bridgehead atoms. The van der Waals surface area contributed by atoms with Gasteiger partial charge in [0, 0.05) is 17.5 Å². The van der Waals surface area contributed by atoms with Crippen molar-refractivity contribution in [3.05, 3.63) is 56.1 Å². The second-order valence-corrected chi connectivity index (χ2v) is 5.72. The van der Waals surface area contributed by atoms with Crippen molar-refractivity contribution < 1.29 is 14.7 Å². The van der Waals surface area contributed by atoms with E-state index >= 15 is 0 Å². The molecule has 0 radical (unpaired) electrons. The molecule has 7 heteroatoms. The van der Waals surface area contributed by atoms with Gasteiger partial charge < -0.3 is 15.0 Å². The Morgan fingerprint density at radius 3 is 2.86 bits per heavy atom. The van der Waals surface area contributed by atoms with E-state index in [4.69, 9.17) is 0 Å². The molecule has 1 atom stereocenters. The first kappa shape index (κ1) is 13.6. The minimum atomic E-state index is -1.07. The van der Waals surface area contributed by atoms with E-state index in [2.05, 4.69) is 4.98 Å². The first-order chi connectivity index (χ1) is 10.1. The number of nitrogens with one attached hydrogen (secondary N) is 1. The van der Waals surface area contributed by atoms with Gasteiger partial charge in [-0.3, -0.25) is 9.59 Å². The number of aliphatic carboxylic acids is 1. The highest BCUT2D eigenvalue weighted by atomic mass is 32.1. The number of hydrogen-bond donors (Lipinski definition) is 2. The summed E-state index contributed by atoms with van der Waals surface area (Å²) in [5.41, 5.74) is 0.374. The molecule has 0 aromatic carbocycles. The van der Waals surface area contributed by atoms with Crippen molar-refractivity contribution in [2.24, 2.45) is 0 Å². The van der Waals surface area contributed by atoms with E-state index in [9.17, 15) is 19.5 Å². The molecule has 3 rings (SSSR count). The van der Waals surface area contributed by atoms with Crippen LogP contribution in [0.5, 0.6) is 0 Å². The summed E-state index contributed by atoms with van der Waals surface area (Å²) in [7, 11) is 0. The fourth-order valence-corrected chi connectivity index (χ4v) is 3.43. The first-order valence-electron chi connectivity index (χ1n) is 6.37. The number of carbonyl (C=O) groups is 2. The number of carboxylic acid groups (broad SMARTS) is 1. The van der Waals surface area contributed by atoms with Gasteiger partial charge in [-0.25, -0.2) is 4.79 Å². The van der Waals surface area contributed by atoms with Crippen LogP contribution in [0.15, 0.2) is 34.4 Å². The van der Waals surface area contributed by atoms with Gasteiger partial charge in [0.1, 0.15) is 5.69 Å². The topological polar surface area (TPSA) is 90.5 Å². The lowest BCUT2D eigenvalue weighted by Crippen LogP contribution is -2.43. The molecular formula is C14H12N2O4S. The van der Waals surface area contributed by atoms with Crippen molar-refractivity contribution in [2.45, 2.75) is 12.5 Å². The van der Waals surface area contributed by atoms with Gasteiger partial charge in [-0.05, 0) is 29.5 Å². The molecule has 1 amide bonds. The van der Waals surface area contributed by atoms with Crippen molar-refractivity contribution in [2.75, 3.05) is 6.54 Å². The minimum Gasteiger partial charge on any atom is -0.479 e. The van der Waals surface area contributed by atoms with Crippen LogP contribution < -0.4 is 5.56 Å². The molecule has 3 heterocycles. The largest absolute Gasteiger partial charge is 0.479 e. The second-order valence-electron chi connectivity index (χ2n) is 4.72. The van der Waals surface area contributed by atoms with Gasteiger partial charge in [-0.1, -0.05) is 6.07 Å². The van der Waals surface area contributed by atoms with Crippen LogP contribution in [-0.2, 0) is 11.2 Å². The fourth-order valence-electron chi connectivity index (χ4n) is 2.53. The molecule has 6 nitrogen and oxygen atoms in total. The number of fused-ring (bicyclic) bond motifs is 1. The number of nitrogens with zero attached hydrogens (tertiary/aromatic N) is 1. The van der Waals surface area contributed by atoms with Crippen LogP contribution in [-0.4, -0.2) is 33.4 Å². The van der Waals surface area contributed by atoms with Crippen LogP contribution in [0.4, 0.5) is 0 Å². The maximum absolute atomic E-state index is 12.5. The normalized spacial score (nSPS) is 17.3. The molecule has 0 aliphatic carbocycles. The van der Waals surface area contributed by atoms with Gasteiger partial charge in [0.15, 0.2) is 6.04 Å². The zero-order valence-electron chi connectivity index (χ0n) is 10.9. The summed E-state index contributed by atoms with van der Waals surface area (Å²) < 4.78 is 0. The van der Waals surface area contributed by atoms with E-state index in [1.807, 2.05) is 5.38 Å². The van der Waals surface area contributed by atoms with Crippen molar-refractivity contribution in [1.82, 2.24) is 9.88 Å². The molecule has 0 fully saturated rings. The third-order valence-electron chi connectivity index (χ3n) is 3.46. The van der Waals surface area contributed by atoms with E-state index in [1.54, 1.807) is 6.07 Å². The van der Waals surface area contributed by atoms with E-state index in [0.717, 1.165) is 4.88 Å². The number of hydrogen-bond acceptors (Lipinski definition) is 4. The van der Waals surface area contributed by atoms with Crippen molar-refractivity contribution in [3.8, 4) is 0 Å². The standard InChI is InChI=1S/C14H12N2O4S/c17-11-3-1-2-9(15-11)13(18)16-6-4-10-8(5-7-21-10)12(16)14(19)20/h1-3,5,7,12H,4,6H2,(H,15,17)(H,19,20). The highest BCUT2D eigenvalue weighted by molar-refractivity contribution is 7.10. The molecule has 108 valence electrons. The molecule has 21 heavy (non-hydrogen) atoms. The highest BCUT2D eigenvalue weighted by Crippen LogP contribution is 2.34. The zero-order chi connectivity index (χ0) is 15.0. The molecule has 2 aromatic heterocycles. The molecule has 1 unspecified atom stereocenters. The average molecular weight is 304 g/mol. The first-order valence-corrected chi connectivity index (χ1v) is 7.25. The zero-order valence-corrected chi connectivity index (χ0v) is 11.7. The summed E-state index contributed by atoms with van der Waals surface area (Å²) in [6.07, 6.45) is 0.625. The van der Waals surface area contributed by atoms with Crippen LogP contribution >= 0.6 is 11.3 Å². The van der Waals surface area contributed by atoms with Gasteiger partial charge in [-0.15, -0.1) is 11.3 Å². The van der Waals surface area contributed by atoms with Crippen molar-refractivity contribution in [3.63, 3.8) is 0 Å². The number of aromatic amines is 1. The Kier molecular flexibility index (Phi) is 3.34. The van der Waals surface area contributed by atoms with Crippen LogP contribution in [0.3, 0.4) is 0 Å². The predicted molar refractivity (Wildman–Crippen MR) is 76.5 cm³/mol. The quantitative estimate of drug-likeness (QED) is 0.874. The van der Waals surface area contributed by atoms with Gasteiger partial charge in [0.05, 0.1) is 0 Å². The Morgan fingerprint density at radius 2 is 2.14 bits per heavy atom. The third kappa shape index (κ3) is 2.36. The number of thiophene rings is 1. The Morgan fingerprint density at radius 1 is 1.33 bits per heavy atom. The number of carbonyl (C=O) groups excluding carboxylic acids is 1. The molecular weight excluding hydrogens is 292 g/mol. The number of H-pyrrole nitrogens is 1. The van der Waals surface area contributed by atoms with E-state index in [-0.39, 0.29) is 11.3 Å². The van der Waals surface area contributed by atoms with E-state index < -0.39 is 17.9 Å². The maximum Gasteiger partial charge on any atom is 0.331 e. The van der Waals surface area contributed by atoms with Gasteiger partial charge in [-0.2, -0.15) is 0 Å². The third-order valence-corrected chi connectivity index (χ3v) is 4.46. The Labute approximate surface area is 123 Å². The van der Waals surface area contributed by atoms with E-state index in [1.165, 1.54) is 34.4 Å². The molecule has 2 aromatic rings. The maximum atomic E-state index is 12.5. The summed E-state index contributed by atoms with van der Waals surface area (Å²) >= 11 is 1.50. The molecule has 1 aliphatic heterocycles. The lowest BCUT2D eigenvalue weighted by atomic mass is 9.99. The number of aromatic nitrogens is 1. The summed E-state index contributed by atoms with van der Waals surface area (Å²) in [5, 5.41) is 11.3. The minimum absolute atomic E-state index is 0.104. The van der Waals surface area contributed by atoms with Gasteiger partial charge in [0.2, 0.25) is 5.56 Å². The summed E-state index contributed by atoms with van der Waals surface area (Å²) in [6.45, 7) is 0.320. The monoisotopic (exact) mass is 304 g/mol. The number of amides is 1. The molecule has 0 spiro atoms. The van der Waals surface area contributed by atoms with Crippen LogP contribution in [0.2, 0.25) is 0 Å². The Balaban J connectivity index is 2.00. The van der Waals surface area contributed by atoms with Gasteiger partial charge in [0.25, 0.3) is 5.91 Å². The van der Waals surface area contributed by atoms with Crippen LogP contribution in [0, 0.1) is 0 Å². The van der Waals surface area contributed by atoms with Gasteiger partial charge >= 0.3 is 5.97 Å². The smallest absolute Gasteiger partial charge is 0.331 e. The Hall–Kier alpha value is -2.41. The van der Waals surface area contributed by atoms with Crippen molar-refractivity contribution >= 4 is 23.2 Å². The Bertz CT molecular complexity index is 764. The van der Waals surface area contributed by atoms with Crippen LogP contribution in [0.25, 0.3) is 0 Å². The summed E-state index contributed by atoms with van der Waals surface area (Å²) in [4.78, 5) is 40.1. The second kappa shape index (κ2) is 5.17. The number of pyridine rings is 1. The average Bonchev–Trinajstić information content (AvgIpc) is 2.93. The highest BCUT2D eigenvalue weighted by Gasteiger charge is 2.37. The SMILES string of the molecule is O=C(O)C1c2ccsc2CCN1C(=O)c1cccc(=O)[nH]1. The van der Waals surface area contributed by atoms with E-state index in [0.29, 0.717) is 18.5 Å². The molecule has 0 saturated heterocycles. The van der Waals surface area contributed by atoms with Crippen molar-refractivity contribution in [1.29, 1.82) is 0 Å². The number of rotatable bonds is 2. The molecule has 1 aliphatic rings. The lowest BCUT2D eigenvalue weighted by Gasteiger charge is -2.33. The molecule has 0 saturated carbocycles. The fraction of sp³-hybridized carbons (Fsp3) is 0.214.